The lowest BCUT2D eigenvalue weighted by Gasteiger charge is -1.90. The van der Waals surface area contributed by atoms with Crippen LogP contribution in [0.2, 0.25) is 0 Å². The molecular weight excluding hydrogens is 247 g/mol. The predicted octanol–water partition coefficient (Wildman–Crippen LogP) is 5.87. The van der Waals surface area contributed by atoms with Crippen molar-refractivity contribution in [3.8, 4) is 0 Å². The summed E-state index contributed by atoms with van der Waals surface area (Å²) in [7, 11) is -0.211. The van der Waals surface area contributed by atoms with Gasteiger partial charge in [0.15, 0.2) is 0 Å². The Hall–Kier alpha value is -1.39. The molecule has 0 radical (unpaired) electrons. The minimum atomic E-state index is -0.211. The number of hydrogen-bond acceptors (Lipinski definition) is 0. The molecule has 0 aliphatic carbocycles. The van der Waals surface area contributed by atoms with Crippen LogP contribution in [0.15, 0.2) is 60.0 Å². The van der Waals surface area contributed by atoms with Crippen LogP contribution >= 0.6 is 7.55 Å². The molecule has 1 heteroatoms. The summed E-state index contributed by atoms with van der Waals surface area (Å²) in [6.07, 6.45) is 10.2. The van der Waals surface area contributed by atoms with Gasteiger partial charge in [-0.15, -0.1) is 0 Å². The van der Waals surface area contributed by atoms with Gasteiger partial charge in [-0.25, -0.2) is 0 Å². The first-order valence-electron chi connectivity index (χ1n) is 6.44. The molecule has 0 spiro atoms. The Balaban J connectivity index is 0.000000356. The van der Waals surface area contributed by atoms with Gasteiger partial charge in [-0.05, 0) is 39.8 Å². The van der Waals surface area contributed by atoms with E-state index in [0.29, 0.717) is 0 Å². The highest BCUT2D eigenvalue weighted by Gasteiger charge is 2.00. The molecule has 102 valence electrons. The fourth-order valence-corrected chi connectivity index (χ4v) is 2.08. The lowest BCUT2D eigenvalue weighted by Crippen LogP contribution is -1.70. The first-order valence-corrected chi connectivity index (χ1v) is 8.41. The lowest BCUT2D eigenvalue weighted by atomic mass is 10.2. The Morgan fingerprint density at radius 3 is 1.74 bits per heavy atom. The van der Waals surface area contributed by atoms with Gasteiger partial charge in [-0.3, -0.25) is 0 Å². The highest BCUT2D eigenvalue weighted by Crippen LogP contribution is 2.27. The molecule has 1 aromatic rings. The quantitative estimate of drug-likeness (QED) is 0.477. The van der Waals surface area contributed by atoms with E-state index in [1.807, 2.05) is 19.9 Å². The second kappa shape index (κ2) is 9.53. The van der Waals surface area contributed by atoms with Crippen molar-refractivity contribution in [3.05, 3.63) is 71.1 Å². The second-order valence-electron chi connectivity index (χ2n) is 4.75. The van der Waals surface area contributed by atoms with Crippen molar-refractivity contribution in [1.29, 1.82) is 0 Å². The fraction of sp³-hybridized carbons (Fsp3) is 0.278. The van der Waals surface area contributed by atoms with E-state index in [9.17, 15) is 0 Å². The predicted molar refractivity (Wildman–Crippen MR) is 93.6 cm³/mol. The van der Waals surface area contributed by atoms with Crippen LogP contribution in [0.25, 0.3) is 0 Å². The molecule has 0 aliphatic heterocycles. The molecule has 0 amide bonds. The van der Waals surface area contributed by atoms with Crippen LogP contribution in [0.5, 0.6) is 0 Å². The molecule has 1 rings (SSSR count). The number of hydrogen-bond donors (Lipinski definition) is 0. The zero-order chi connectivity index (χ0) is 14.8. The van der Waals surface area contributed by atoms with Gasteiger partial charge >= 0.3 is 0 Å². The molecule has 1 unspecified atom stereocenters. The maximum atomic E-state index is 4.00. The van der Waals surface area contributed by atoms with Gasteiger partial charge < -0.3 is 0 Å². The molecule has 0 saturated heterocycles. The van der Waals surface area contributed by atoms with E-state index in [4.69, 9.17) is 0 Å². The van der Waals surface area contributed by atoms with Crippen LogP contribution in [-0.4, -0.2) is 13.0 Å². The van der Waals surface area contributed by atoms with Crippen molar-refractivity contribution in [3.63, 3.8) is 0 Å². The maximum Gasteiger partial charge on any atom is 0.143 e. The number of aryl methyl sites for hydroxylation is 2. The third-order valence-electron chi connectivity index (χ3n) is 2.49. The van der Waals surface area contributed by atoms with E-state index in [2.05, 4.69) is 69.8 Å². The van der Waals surface area contributed by atoms with E-state index in [0.717, 1.165) is 5.57 Å². The average Bonchev–Trinajstić information content (AvgIpc) is 2.34. The van der Waals surface area contributed by atoms with Crippen molar-refractivity contribution in [1.82, 2.24) is 0 Å². The van der Waals surface area contributed by atoms with Gasteiger partial charge in [0.2, 0.25) is 0 Å². The third-order valence-corrected chi connectivity index (χ3v) is 3.78. The van der Waals surface area contributed by atoms with Crippen LogP contribution in [-0.2, 0) is 0 Å². The van der Waals surface area contributed by atoms with Crippen molar-refractivity contribution in [2.24, 2.45) is 0 Å². The highest BCUT2D eigenvalue weighted by molar-refractivity contribution is 7.59. The molecule has 0 heterocycles. The third kappa shape index (κ3) is 9.22. The molecule has 1 atom stereocenters. The molecule has 0 saturated carbocycles. The van der Waals surface area contributed by atoms with Gasteiger partial charge in [-0.1, -0.05) is 53.6 Å². The molecule has 0 aromatic heterocycles. The van der Waals surface area contributed by atoms with Crippen LogP contribution in [0, 0.1) is 13.8 Å². The standard InChI is InChI=1S/C10H16P.C8H10/c1-6-10(11(4)5)8-7-9(2)3;1-7-3-5-8(2)6-4-7/h6-8H,2,4H2,1,3,5H3;3-6H,1-2H3/q+1;/b8-7-,10-6+;. The molecule has 19 heavy (non-hydrogen) atoms. The summed E-state index contributed by atoms with van der Waals surface area (Å²) in [4.78, 5) is 0. The summed E-state index contributed by atoms with van der Waals surface area (Å²) < 4.78 is 0. The maximum absolute atomic E-state index is 4.00. The number of benzene rings is 1. The van der Waals surface area contributed by atoms with Crippen molar-refractivity contribution >= 4 is 13.8 Å². The molecule has 0 fully saturated rings. The largest absolute Gasteiger partial charge is 0.143 e. The molecule has 1 aromatic carbocycles. The fourth-order valence-electron chi connectivity index (χ4n) is 1.31. The minimum absolute atomic E-state index is 0.211. The normalized spacial score (nSPS) is 11.8. The zero-order valence-corrected chi connectivity index (χ0v) is 13.8. The van der Waals surface area contributed by atoms with E-state index >= 15 is 0 Å². The first-order chi connectivity index (χ1) is 8.86. The van der Waals surface area contributed by atoms with Crippen molar-refractivity contribution < 1.29 is 0 Å². The summed E-state index contributed by atoms with van der Waals surface area (Å²) in [6, 6.07) is 8.48. The molecular formula is C18H26P+. The van der Waals surface area contributed by atoms with Gasteiger partial charge in [0.1, 0.15) is 19.5 Å². The van der Waals surface area contributed by atoms with E-state index in [-0.39, 0.29) is 7.55 Å². The van der Waals surface area contributed by atoms with Gasteiger partial charge in [0, 0.05) is 0 Å². The van der Waals surface area contributed by atoms with Crippen LogP contribution in [0.1, 0.15) is 25.0 Å². The highest BCUT2D eigenvalue weighted by atomic mass is 31.1. The molecule has 0 bridgehead atoms. The summed E-state index contributed by atoms with van der Waals surface area (Å²) in [5.74, 6) is 0. The van der Waals surface area contributed by atoms with Gasteiger partial charge in [-0.2, -0.15) is 0 Å². The van der Waals surface area contributed by atoms with E-state index in [1.165, 1.54) is 16.4 Å². The van der Waals surface area contributed by atoms with Gasteiger partial charge in [0.05, 0.1) is 6.30 Å². The van der Waals surface area contributed by atoms with Crippen molar-refractivity contribution in [2.75, 3.05) is 6.66 Å². The van der Waals surface area contributed by atoms with Crippen LogP contribution in [0.3, 0.4) is 0 Å². The Bertz CT molecular complexity index is 452. The van der Waals surface area contributed by atoms with Crippen LogP contribution in [0.4, 0.5) is 0 Å². The average molecular weight is 273 g/mol. The Labute approximate surface area is 120 Å². The second-order valence-corrected chi connectivity index (χ2v) is 6.66. The van der Waals surface area contributed by atoms with Crippen molar-refractivity contribution in [2.45, 2.75) is 27.7 Å². The molecule has 0 N–H and O–H groups in total. The van der Waals surface area contributed by atoms with E-state index < -0.39 is 0 Å². The Morgan fingerprint density at radius 1 is 1.05 bits per heavy atom. The number of allylic oxidation sites excluding steroid dienone is 5. The van der Waals surface area contributed by atoms with Crippen LogP contribution < -0.4 is 0 Å². The molecule has 0 nitrogen and oxygen atoms in total. The lowest BCUT2D eigenvalue weighted by molar-refractivity contribution is 1.40. The summed E-state index contributed by atoms with van der Waals surface area (Å²) in [5, 5.41) is 1.32. The van der Waals surface area contributed by atoms with Gasteiger partial charge in [0.25, 0.3) is 0 Å². The summed E-state index contributed by atoms with van der Waals surface area (Å²) >= 11 is 0. The zero-order valence-electron chi connectivity index (χ0n) is 12.9. The molecule has 0 aliphatic rings. The minimum Gasteiger partial charge on any atom is -0.0961 e. The monoisotopic (exact) mass is 273 g/mol. The topological polar surface area (TPSA) is 0 Å². The SMILES string of the molecule is C=C(C)/C=C\C(=C/C)[P+](=C)C.Cc1ccc(C)cc1. The Kier molecular flexibility index (Phi) is 8.83. The number of rotatable bonds is 3. The van der Waals surface area contributed by atoms with E-state index in [1.54, 1.807) is 0 Å². The summed E-state index contributed by atoms with van der Waals surface area (Å²) in [6.45, 7) is 14.2. The first kappa shape index (κ1) is 17.6. The smallest absolute Gasteiger partial charge is 0.0961 e. The Morgan fingerprint density at radius 2 is 1.47 bits per heavy atom. The summed E-state index contributed by atoms with van der Waals surface area (Å²) in [5.41, 5.74) is 3.74.